The average Bonchev–Trinajstić information content (AvgIpc) is 3.07. The summed E-state index contributed by atoms with van der Waals surface area (Å²) in [6.07, 6.45) is -2.78. The molecule has 0 aliphatic rings. The summed E-state index contributed by atoms with van der Waals surface area (Å²) in [6, 6.07) is 1.83. The second-order valence-electron chi connectivity index (χ2n) is 7.48. The number of sulfonamides is 1. The van der Waals surface area contributed by atoms with Crippen molar-refractivity contribution >= 4 is 36.6 Å². The molecule has 0 aromatic carbocycles. The molecular formula is C19H22F3N5O5S2. The normalized spacial score (nSPS) is 12.9. The van der Waals surface area contributed by atoms with Crippen LogP contribution in [-0.4, -0.2) is 55.0 Å². The Morgan fingerprint density at radius 2 is 1.74 bits per heavy atom. The Kier molecular flexibility index (Phi) is 6.32. The molecule has 0 aliphatic carbocycles. The largest absolute Gasteiger partial charge is 0.431 e. The van der Waals surface area contributed by atoms with Gasteiger partial charge in [0, 0.05) is 20.6 Å². The highest BCUT2D eigenvalue weighted by Gasteiger charge is 2.36. The van der Waals surface area contributed by atoms with Gasteiger partial charge in [0.25, 0.3) is 5.56 Å². The third-order valence-electron chi connectivity index (χ3n) is 5.37. The van der Waals surface area contributed by atoms with Crippen LogP contribution in [0.5, 0.6) is 0 Å². The Morgan fingerprint density at radius 3 is 2.24 bits per heavy atom. The van der Waals surface area contributed by atoms with E-state index in [2.05, 4.69) is 9.97 Å². The summed E-state index contributed by atoms with van der Waals surface area (Å²) in [5.74, 6) is -0.520. The topological polar surface area (TPSA) is 124 Å². The number of sulfone groups is 1. The minimum atomic E-state index is -4.81. The van der Waals surface area contributed by atoms with Crippen LogP contribution in [0.2, 0.25) is 0 Å². The van der Waals surface area contributed by atoms with E-state index in [4.69, 9.17) is 0 Å². The zero-order valence-corrected chi connectivity index (χ0v) is 20.5. The molecule has 0 amide bonds. The number of halogens is 3. The van der Waals surface area contributed by atoms with Crippen LogP contribution in [-0.2, 0) is 39.6 Å². The molecule has 3 aromatic rings. The van der Waals surface area contributed by atoms with Gasteiger partial charge < -0.3 is 9.13 Å². The van der Waals surface area contributed by atoms with Crippen LogP contribution in [0.3, 0.4) is 0 Å². The third kappa shape index (κ3) is 4.29. The first-order chi connectivity index (χ1) is 15.5. The molecule has 34 heavy (non-hydrogen) atoms. The van der Waals surface area contributed by atoms with Gasteiger partial charge in [-0.1, -0.05) is 6.92 Å². The lowest BCUT2D eigenvalue weighted by Gasteiger charge is -2.18. The van der Waals surface area contributed by atoms with Gasteiger partial charge in [-0.2, -0.15) is 13.2 Å². The van der Waals surface area contributed by atoms with Gasteiger partial charge in [0.2, 0.25) is 10.0 Å². The number of aryl methyl sites for hydroxylation is 1. The molecule has 0 spiro atoms. The van der Waals surface area contributed by atoms with Crippen molar-refractivity contribution < 1.29 is 30.0 Å². The van der Waals surface area contributed by atoms with Crippen molar-refractivity contribution in [2.75, 3.05) is 23.4 Å². The lowest BCUT2D eigenvalue weighted by Crippen LogP contribution is -2.28. The van der Waals surface area contributed by atoms with Gasteiger partial charge in [0.05, 0.1) is 34.3 Å². The molecule has 3 aromatic heterocycles. The van der Waals surface area contributed by atoms with Crippen LogP contribution < -0.4 is 9.86 Å². The van der Waals surface area contributed by atoms with Crippen LogP contribution in [0.15, 0.2) is 28.0 Å². The standard InChI is InChI=1S/C19H22F3N5O5S2/c1-6-27-14(19(20,21)22)9-12-16(18(27)28)25(3)17(24-12)15-13(34(31,32)7-2)8-11(10-23-15)26(4)33(5,29)30/h8-10H,6-7H2,1-5H3. The van der Waals surface area contributed by atoms with Gasteiger partial charge in [-0.3, -0.25) is 9.10 Å². The maximum Gasteiger partial charge on any atom is 0.431 e. The molecule has 0 radical (unpaired) electrons. The number of imidazole rings is 1. The van der Waals surface area contributed by atoms with E-state index in [0.717, 1.165) is 28.9 Å². The summed E-state index contributed by atoms with van der Waals surface area (Å²) in [4.78, 5) is 20.7. The molecule has 0 unspecified atom stereocenters. The molecular weight excluding hydrogens is 499 g/mol. The number of rotatable bonds is 6. The molecule has 186 valence electrons. The summed E-state index contributed by atoms with van der Waals surface area (Å²) in [5.41, 5.74) is -2.83. The van der Waals surface area contributed by atoms with E-state index >= 15 is 0 Å². The number of fused-ring (bicyclic) bond motifs is 1. The summed E-state index contributed by atoms with van der Waals surface area (Å²) in [7, 11) is -5.15. The van der Waals surface area contributed by atoms with Crippen LogP contribution >= 0.6 is 0 Å². The van der Waals surface area contributed by atoms with E-state index in [9.17, 15) is 34.8 Å². The summed E-state index contributed by atoms with van der Waals surface area (Å²) < 4.78 is 92.6. The van der Waals surface area contributed by atoms with Crippen molar-refractivity contribution in [2.24, 2.45) is 7.05 Å². The lowest BCUT2D eigenvalue weighted by molar-refractivity contribution is -0.144. The van der Waals surface area contributed by atoms with Gasteiger partial charge in [-0.15, -0.1) is 0 Å². The molecule has 0 N–H and O–H groups in total. The fraction of sp³-hybridized carbons (Fsp3) is 0.421. The predicted octanol–water partition coefficient (Wildman–Crippen LogP) is 2.03. The van der Waals surface area contributed by atoms with Crippen molar-refractivity contribution in [2.45, 2.75) is 31.5 Å². The number of pyridine rings is 2. The average molecular weight is 522 g/mol. The van der Waals surface area contributed by atoms with Crippen molar-refractivity contribution in [3.05, 3.63) is 34.4 Å². The van der Waals surface area contributed by atoms with Gasteiger partial charge in [0.15, 0.2) is 15.7 Å². The zero-order chi connectivity index (χ0) is 25.8. The van der Waals surface area contributed by atoms with E-state index in [1.165, 1.54) is 32.5 Å². The summed E-state index contributed by atoms with van der Waals surface area (Å²) >= 11 is 0. The van der Waals surface area contributed by atoms with Crippen molar-refractivity contribution in [3.8, 4) is 11.5 Å². The molecule has 3 heterocycles. The van der Waals surface area contributed by atoms with E-state index in [1.54, 1.807) is 0 Å². The highest BCUT2D eigenvalue weighted by molar-refractivity contribution is 7.92. The first kappa shape index (κ1) is 25.7. The molecule has 0 saturated carbocycles. The highest BCUT2D eigenvalue weighted by Crippen LogP contribution is 2.33. The highest BCUT2D eigenvalue weighted by atomic mass is 32.2. The Labute approximate surface area is 193 Å². The second kappa shape index (κ2) is 8.37. The third-order valence-corrected chi connectivity index (χ3v) is 8.31. The van der Waals surface area contributed by atoms with Gasteiger partial charge >= 0.3 is 6.18 Å². The summed E-state index contributed by atoms with van der Waals surface area (Å²) in [5, 5.41) is 0. The SMILES string of the molecule is CCn1c(C(F)(F)F)cc2nc(-c3ncc(N(C)S(C)(=O)=O)cc3S(=O)(=O)CC)n(C)c2c1=O. The van der Waals surface area contributed by atoms with E-state index in [1.807, 2.05) is 0 Å². The Morgan fingerprint density at radius 1 is 1.12 bits per heavy atom. The molecule has 0 atom stereocenters. The first-order valence-electron chi connectivity index (χ1n) is 9.89. The molecule has 15 heteroatoms. The molecule has 0 fully saturated rings. The number of nitrogens with zero attached hydrogens (tertiary/aromatic N) is 5. The smallest absolute Gasteiger partial charge is 0.321 e. The van der Waals surface area contributed by atoms with Crippen LogP contribution in [0.1, 0.15) is 19.5 Å². The Balaban J connectivity index is 2.41. The van der Waals surface area contributed by atoms with Crippen LogP contribution in [0.25, 0.3) is 22.6 Å². The number of hydrogen-bond donors (Lipinski definition) is 0. The van der Waals surface area contributed by atoms with Gasteiger partial charge in [0.1, 0.15) is 16.9 Å². The molecule has 0 saturated heterocycles. The maximum absolute atomic E-state index is 13.5. The quantitative estimate of drug-likeness (QED) is 0.486. The Hall–Kier alpha value is -2.94. The predicted molar refractivity (Wildman–Crippen MR) is 120 cm³/mol. The maximum atomic E-state index is 13.5. The molecule has 0 bridgehead atoms. The lowest BCUT2D eigenvalue weighted by atomic mass is 10.3. The fourth-order valence-corrected chi connectivity index (χ4v) is 4.97. The number of anilines is 1. The Bertz CT molecular complexity index is 1560. The van der Waals surface area contributed by atoms with Crippen molar-refractivity contribution in [3.63, 3.8) is 0 Å². The summed E-state index contributed by atoms with van der Waals surface area (Å²) in [6.45, 7) is 2.52. The second-order valence-corrected chi connectivity index (χ2v) is 11.7. The van der Waals surface area contributed by atoms with Crippen LogP contribution in [0, 0.1) is 0 Å². The monoisotopic (exact) mass is 521 g/mol. The molecule has 0 aliphatic heterocycles. The van der Waals surface area contributed by atoms with Gasteiger partial charge in [-0.25, -0.2) is 26.8 Å². The van der Waals surface area contributed by atoms with E-state index in [0.29, 0.717) is 4.57 Å². The first-order valence-corrected chi connectivity index (χ1v) is 13.4. The zero-order valence-electron chi connectivity index (χ0n) is 18.9. The van der Waals surface area contributed by atoms with Gasteiger partial charge in [-0.05, 0) is 19.1 Å². The van der Waals surface area contributed by atoms with E-state index in [-0.39, 0.29) is 45.4 Å². The molecule has 10 nitrogen and oxygen atoms in total. The molecule has 3 rings (SSSR count). The fourth-order valence-electron chi connectivity index (χ4n) is 3.44. The minimum absolute atomic E-state index is 0.0373. The number of aromatic nitrogens is 4. The number of hydrogen-bond acceptors (Lipinski definition) is 7. The van der Waals surface area contributed by atoms with Crippen molar-refractivity contribution in [1.82, 2.24) is 19.1 Å². The number of alkyl halides is 3. The van der Waals surface area contributed by atoms with E-state index < -0.39 is 37.3 Å². The minimum Gasteiger partial charge on any atom is -0.321 e. The van der Waals surface area contributed by atoms with Crippen LogP contribution in [0.4, 0.5) is 18.9 Å². The van der Waals surface area contributed by atoms with Crippen molar-refractivity contribution in [1.29, 1.82) is 0 Å².